The lowest BCUT2D eigenvalue weighted by molar-refractivity contribution is -0.123. The Morgan fingerprint density at radius 1 is 1.25 bits per heavy atom. The highest BCUT2D eigenvalue weighted by molar-refractivity contribution is 6.36. The molecule has 124 valence electrons. The quantitative estimate of drug-likeness (QED) is 0.469. The molecule has 1 heterocycles. The van der Waals surface area contributed by atoms with Crippen molar-refractivity contribution < 1.29 is 14.0 Å². The van der Waals surface area contributed by atoms with Gasteiger partial charge in [-0.15, -0.1) is 0 Å². The summed E-state index contributed by atoms with van der Waals surface area (Å²) >= 11 is 11.7. The fourth-order valence-corrected chi connectivity index (χ4v) is 2.05. The molecule has 2 N–H and O–H groups in total. The first kappa shape index (κ1) is 17.8. The number of amides is 2. The number of nitrogens with one attached hydrogen (secondary N) is 2. The average molecular weight is 366 g/mol. The number of furan rings is 1. The molecular formula is C16H13Cl2N3O3. The Hall–Kier alpha value is -2.57. The maximum Gasteiger partial charge on any atom is 0.259 e. The van der Waals surface area contributed by atoms with Crippen molar-refractivity contribution in [2.45, 2.75) is 0 Å². The number of hydrazone groups is 1. The maximum absolute atomic E-state index is 11.6. The van der Waals surface area contributed by atoms with Crippen molar-refractivity contribution in [1.29, 1.82) is 0 Å². The largest absolute Gasteiger partial charge is 0.465 e. The molecule has 0 bridgehead atoms. The van der Waals surface area contributed by atoms with Gasteiger partial charge in [-0.25, -0.2) is 5.43 Å². The van der Waals surface area contributed by atoms with E-state index in [0.29, 0.717) is 21.4 Å². The fraction of sp³-hybridized carbons (Fsp3) is 0.0625. The Morgan fingerprint density at radius 2 is 2.08 bits per heavy atom. The van der Waals surface area contributed by atoms with E-state index in [1.165, 1.54) is 24.6 Å². The van der Waals surface area contributed by atoms with Crippen LogP contribution in [0, 0.1) is 0 Å². The number of benzene rings is 1. The van der Waals surface area contributed by atoms with Crippen LogP contribution in [0.3, 0.4) is 0 Å². The Bertz CT molecular complexity index is 771. The molecule has 6 nitrogen and oxygen atoms in total. The average Bonchev–Trinajstić information content (AvgIpc) is 3.06. The van der Waals surface area contributed by atoms with Crippen molar-refractivity contribution in [3.05, 3.63) is 64.0 Å². The highest BCUT2D eigenvalue weighted by Crippen LogP contribution is 2.19. The van der Waals surface area contributed by atoms with Crippen LogP contribution in [0.5, 0.6) is 0 Å². The van der Waals surface area contributed by atoms with Crippen molar-refractivity contribution in [3.63, 3.8) is 0 Å². The first-order valence-corrected chi connectivity index (χ1v) is 7.56. The van der Waals surface area contributed by atoms with Crippen LogP contribution in [0.4, 0.5) is 0 Å². The zero-order valence-electron chi connectivity index (χ0n) is 12.3. The molecule has 1 aromatic heterocycles. The molecule has 0 radical (unpaired) electrons. The maximum atomic E-state index is 11.6. The van der Waals surface area contributed by atoms with Crippen LogP contribution in [0.2, 0.25) is 10.0 Å². The fourth-order valence-electron chi connectivity index (χ4n) is 1.59. The molecule has 0 fully saturated rings. The van der Waals surface area contributed by atoms with Gasteiger partial charge in [0.15, 0.2) is 0 Å². The van der Waals surface area contributed by atoms with Crippen molar-refractivity contribution in [3.8, 4) is 0 Å². The van der Waals surface area contributed by atoms with Crippen LogP contribution in [-0.4, -0.2) is 24.6 Å². The zero-order chi connectivity index (χ0) is 17.4. The van der Waals surface area contributed by atoms with Crippen LogP contribution in [-0.2, 0) is 9.59 Å². The predicted molar refractivity (Wildman–Crippen MR) is 93.0 cm³/mol. The second-order valence-corrected chi connectivity index (χ2v) is 5.37. The number of halogens is 2. The molecule has 1 aromatic carbocycles. The van der Waals surface area contributed by atoms with E-state index in [-0.39, 0.29) is 6.54 Å². The second kappa shape index (κ2) is 8.90. The van der Waals surface area contributed by atoms with Crippen molar-refractivity contribution in [2.24, 2.45) is 5.10 Å². The van der Waals surface area contributed by atoms with Crippen LogP contribution < -0.4 is 10.7 Å². The molecule has 0 aliphatic rings. The summed E-state index contributed by atoms with van der Waals surface area (Å²) in [4.78, 5) is 23.1. The lowest BCUT2D eigenvalue weighted by Crippen LogP contribution is -2.34. The Kier molecular flexibility index (Phi) is 6.60. The van der Waals surface area contributed by atoms with E-state index in [0.717, 1.165) is 0 Å². The van der Waals surface area contributed by atoms with Gasteiger partial charge < -0.3 is 9.73 Å². The number of nitrogens with zero attached hydrogens (tertiary/aromatic N) is 1. The topological polar surface area (TPSA) is 83.7 Å². The first-order valence-electron chi connectivity index (χ1n) is 6.81. The third-order valence-corrected chi connectivity index (χ3v) is 3.28. The van der Waals surface area contributed by atoms with Crippen molar-refractivity contribution in [2.75, 3.05) is 6.54 Å². The summed E-state index contributed by atoms with van der Waals surface area (Å²) in [5, 5.41) is 7.10. The van der Waals surface area contributed by atoms with Gasteiger partial charge >= 0.3 is 0 Å². The first-order chi connectivity index (χ1) is 11.5. The molecule has 2 aromatic rings. The van der Waals surface area contributed by atoms with Gasteiger partial charge in [0.25, 0.3) is 5.91 Å². The van der Waals surface area contributed by atoms with Crippen LogP contribution >= 0.6 is 23.2 Å². The molecule has 0 spiro atoms. The summed E-state index contributed by atoms with van der Waals surface area (Å²) in [6, 6.07) is 8.30. The van der Waals surface area contributed by atoms with Gasteiger partial charge in [-0.1, -0.05) is 29.3 Å². The zero-order valence-corrected chi connectivity index (χ0v) is 13.8. The van der Waals surface area contributed by atoms with Crippen LogP contribution in [0.1, 0.15) is 11.3 Å². The molecule has 2 amide bonds. The molecule has 24 heavy (non-hydrogen) atoms. The van der Waals surface area contributed by atoms with E-state index in [9.17, 15) is 9.59 Å². The predicted octanol–water partition coefficient (Wildman–Crippen LogP) is 2.87. The molecule has 0 aliphatic carbocycles. The summed E-state index contributed by atoms with van der Waals surface area (Å²) in [5.74, 6) is -0.360. The van der Waals surface area contributed by atoms with E-state index in [1.54, 1.807) is 30.3 Å². The Morgan fingerprint density at radius 3 is 2.79 bits per heavy atom. The minimum absolute atomic E-state index is 0.215. The van der Waals surface area contributed by atoms with Gasteiger partial charge in [0, 0.05) is 16.7 Å². The smallest absolute Gasteiger partial charge is 0.259 e. The molecule has 0 aliphatic heterocycles. The van der Waals surface area contributed by atoms with E-state index in [1.807, 2.05) is 0 Å². The molecule has 0 saturated carbocycles. The number of hydrogen-bond donors (Lipinski definition) is 2. The van der Waals surface area contributed by atoms with Crippen LogP contribution in [0.25, 0.3) is 6.08 Å². The number of hydrogen-bond acceptors (Lipinski definition) is 4. The Labute approximate surface area is 148 Å². The van der Waals surface area contributed by atoms with E-state index >= 15 is 0 Å². The van der Waals surface area contributed by atoms with E-state index < -0.39 is 11.8 Å². The van der Waals surface area contributed by atoms with Gasteiger partial charge in [-0.3, -0.25) is 9.59 Å². The molecule has 0 saturated heterocycles. The highest BCUT2D eigenvalue weighted by Gasteiger charge is 2.02. The Balaban J connectivity index is 1.75. The van der Waals surface area contributed by atoms with Gasteiger partial charge in [-0.05, 0) is 30.3 Å². The molecule has 8 heteroatoms. The lowest BCUT2D eigenvalue weighted by Gasteiger charge is -2.01. The summed E-state index contributed by atoms with van der Waals surface area (Å²) in [7, 11) is 0. The number of rotatable bonds is 6. The van der Waals surface area contributed by atoms with Crippen molar-refractivity contribution >= 4 is 47.3 Å². The third kappa shape index (κ3) is 5.91. The van der Waals surface area contributed by atoms with E-state index in [4.69, 9.17) is 27.6 Å². The summed E-state index contributed by atoms with van der Waals surface area (Å²) in [6.45, 7) is -0.215. The molecular weight excluding hydrogens is 353 g/mol. The summed E-state index contributed by atoms with van der Waals surface area (Å²) in [5.41, 5.74) is 2.88. The number of carbonyl (C=O) groups excluding carboxylic acids is 2. The summed E-state index contributed by atoms with van der Waals surface area (Å²) in [6.07, 6.45) is 5.64. The standard InChI is InChI=1S/C16H13Cl2N3O3/c17-12-4-3-11(14(18)8-12)9-20-21-16(23)10-19-15(22)6-5-13-2-1-7-24-13/h1-9H,10H2,(H,19,22)(H,21,23)/b6-5+,20-9-. The van der Waals surface area contributed by atoms with Gasteiger partial charge in [0.2, 0.25) is 5.91 Å². The minimum Gasteiger partial charge on any atom is -0.465 e. The van der Waals surface area contributed by atoms with Crippen molar-refractivity contribution in [1.82, 2.24) is 10.7 Å². The third-order valence-electron chi connectivity index (χ3n) is 2.72. The molecule has 0 atom stereocenters. The minimum atomic E-state index is -0.476. The normalized spacial score (nSPS) is 11.1. The van der Waals surface area contributed by atoms with Crippen LogP contribution in [0.15, 0.2) is 52.2 Å². The SMILES string of the molecule is O=C(/C=C/c1ccco1)NCC(=O)N/N=C\c1ccc(Cl)cc1Cl. The monoisotopic (exact) mass is 365 g/mol. The molecule has 2 rings (SSSR count). The van der Waals surface area contributed by atoms with Gasteiger partial charge in [-0.2, -0.15) is 5.10 Å². The second-order valence-electron chi connectivity index (χ2n) is 4.53. The molecule has 0 unspecified atom stereocenters. The lowest BCUT2D eigenvalue weighted by atomic mass is 10.2. The highest BCUT2D eigenvalue weighted by atomic mass is 35.5. The van der Waals surface area contributed by atoms with Gasteiger partial charge in [0.05, 0.1) is 24.0 Å². The number of carbonyl (C=O) groups is 2. The summed E-state index contributed by atoms with van der Waals surface area (Å²) < 4.78 is 5.04. The van der Waals surface area contributed by atoms with Gasteiger partial charge in [0.1, 0.15) is 5.76 Å². The van der Waals surface area contributed by atoms with E-state index in [2.05, 4.69) is 15.8 Å².